The second-order valence-electron chi connectivity index (χ2n) is 2.19. The fraction of sp³-hybridized carbons (Fsp3) is 0.167. The fourth-order valence-corrected chi connectivity index (χ4v) is 1.04. The lowest BCUT2D eigenvalue weighted by molar-refractivity contribution is 0.785. The van der Waals surface area contributed by atoms with E-state index >= 15 is 0 Å². The van der Waals surface area contributed by atoms with Crippen LogP contribution in [0.3, 0.4) is 0 Å². The molecule has 2 aromatic heterocycles. The van der Waals surface area contributed by atoms with Gasteiger partial charge in [0.15, 0.2) is 5.65 Å². The maximum atomic E-state index is 5.58. The molecule has 0 atom stereocenters. The van der Waals surface area contributed by atoms with Crippen molar-refractivity contribution in [2.75, 3.05) is 0 Å². The monoisotopic (exact) mass is 168 g/mol. The SMILES string of the molecule is Cn1ncc2cnc(Cl)nc21. The molecule has 4 nitrogen and oxygen atoms in total. The van der Waals surface area contributed by atoms with E-state index in [-0.39, 0.29) is 5.28 Å². The van der Waals surface area contributed by atoms with Gasteiger partial charge in [0, 0.05) is 13.2 Å². The summed E-state index contributed by atoms with van der Waals surface area (Å²) in [6, 6.07) is 0. The second-order valence-corrected chi connectivity index (χ2v) is 2.52. The summed E-state index contributed by atoms with van der Waals surface area (Å²) in [5.41, 5.74) is 0.755. The van der Waals surface area contributed by atoms with Gasteiger partial charge in [-0.2, -0.15) is 10.1 Å². The van der Waals surface area contributed by atoms with Crippen LogP contribution >= 0.6 is 11.6 Å². The third-order valence-corrected chi connectivity index (χ3v) is 1.63. The van der Waals surface area contributed by atoms with Crippen LogP contribution in [-0.2, 0) is 7.05 Å². The molecule has 2 heterocycles. The van der Waals surface area contributed by atoms with Crippen molar-refractivity contribution in [2.45, 2.75) is 0 Å². The van der Waals surface area contributed by atoms with Crippen molar-refractivity contribution in [3.8, 4) is 0 Å². The van der Waals surface area contributed by atoms with Crippen molar-refractivity contribution in [3.63, 3.8) is 0 Å². The van der Waals surface area contributed by atoms with Crippen molar-refractivity contribution in [1.82, 2.24) is 19.7 Å². The van der Waals surface area contributed by atoms with Crippen molar-refractivity contribution in [2.24, 2.45) is 7.05 Å². The molecule has 0 bridgehead atoms. The third-order valence-electron chi connectivity index (χ3n) is 1.44. The topological polar surface area (TPSA) is 43.6 Å². The normalized spacial score (nSPS) is 10.7. The Balaban J connectivity index is 2.87. The molecule has 11 heavy (non-hydrogen) atoms. The number of rotatable bonds is 0. The molecule has 2 aromatic rings. The van der Waals surface area contributed by atoms with Crippen LogP contribution in [0.15, 0.2) is 12.4 Å². The zero-order valence-corrected chi connectivity index (χ0v) is 6.58. The molecule has 0 radical (unpaired) electrons. The van der Waals surface area contributed by atoms with Crippen molar-refractivity contribution >= 4 is 22.6 Å². The van der Waals surface area contributed by atoms with Crippen molar-refractivity contribution < 1.29 is 0 Å². The fourth-order valence-electron chi connectivity index (χ4n) is 0.915. The molecule has 0 spiro atoms. The molecule has 0 saturated carbocycles. The van der Waals surface area contributed by atoms with Crippen LogP contribution in [0, 0.1) is 0 Å². The number of halogens is 1. The molecule has 0 fully saturated rings. The Kier molecular flexibility index (Phi) is 1.29. The molecule has 5 heteroatoms. The number of hydrogen-bond donors (Lipinski definition) is 0. The summed E-state index contributed by atoms with van der Waals surface area (Å²) < 4.78 is 1.66. The number of fused-ring (bicyclic) bond motifs is 1. The minimum Gasteiger partial charge on any atom is -0.250 e. The maximum absolute atomic E-state index is 5.58. The van der Waals surface area contributed by atoms with E-state index in [1.54, 1.807) is 17.1 Å². The average molecular weight is 169 g/mol. The van der Waals surface area contributed by atoms with E-state index in [1.807, 2.05) is 7.05 Å². The van der Waals surface area contributed by atoms with Crippen LogP contribution in [0.2, 0.25) is 5.28 Å². The predicted octanol–water partition coefficient (Wildman–Crippen LogP) is 1.02. The molecule has 0 amide bonds. The van der Waals surface area contributed by atoms with Crippen molar-refractivity contribution in [1.29, 1.82) is 0 Å². The molecule has 0 unspecified atom stereocenters. The van der Waals surface area contributed by atoms with Crippen LogP contribution in [0.4, 0.5) is 0 Å². The first-order valence-corrected chi connectivity index (χ1v) is 3.45. The summed E-state index contributed by atoms with van der Waals surface area (Å²) in [7, 11) is 1.81. The van der Waals surface area contributed by atoms with Gasteiger partial charge in [-0.1, -0.05) is 0 Å². The van der Waals surface area contributed by atoms with E-state index in [0.717, 1.165) is 11.0 Å². The van der Waals surface area contributed by atoms with Gasteiger partial charge < -0.3 is 0 Å². The molecule has 0 aliphatic heterocycles. The summed E-state index contributed by atoms with van der Waals surface area (Å²) >= 11 is 5.58. The van der Waals surface area contributed by atoms with E-state index in [9.17, 15) is 0 Å². The molecule has 0 aliphatic carbocycles. The Morgan fingerprint density at radius 3 is 3.09 bits per heavy atom. The Morgan fingerprint density at radius 1 is 1.45 bits per heavy atom. The molecule has 56 valence electrons. The quantitative estimate of drug-likeness (QED) is 0.552. The van der Waals surface area contributed by atoms with Gasteiger partial charge in [0.1, 0.15) is 0 Å². The molecule has 0 aliphatic rings. The highest BCUT2D eigenvalue weighted by molar-refractivity contribution is 6.28. The van der Waals surface area contributed by atoms with Gasteiger partial charge in [-0.3, -0.25) is 4.68 Å². The number of nitrogens with zero attached hydrogens (tertiary/aromatic N) is 4. The minimum absolute atomic E-state index is 0.251. The van der Waals surface area contributed by atoms with E-state index in [1.165, 1.54) is 0 Å². The van der Waals surface area contributed by atoms with Gasteiger partial charge in [0.2, 0.25) is 5.28 Å². The molecule has 2 rings (SSSR count). The lowest BCUT2D eigenvalue weighted by Gasteiger charge is -1.91. The number of aromatic nitrogens is 4. The zero-order valence-electron chi connectivity index (χ0n) is 5.82. The van der Waals surface area contributed by atoms with E-state index < -0.39 is 0 Å². The maximum Gasteiger partial charge on any atom is 0.224 e. The lowest BCUT2D eigenvalue weighted by atomic mass is 10.4. The summed E-state index contributed by atoms with van der Waals surface area (Å²) in [6.07, 6.45) is 3.35. The molecule has 0 saturated heterocycles. The molecular weight excluding hydrogens is 164 g/mol. The van der Waals surface area contributed by atoms with Gasteiger partial charge in [-0.25, -0.2) is 4.98 Å². The van der Waals surface area contributed by atoms with Crippen molar-refractivity contribution in [3.05, 3.63) is 17.7 Å². The first-order chi connectivity index (χ1) is 5.27. The van der Waals surface area contributed by atoms with E-state index in [4.69, 9.17) is 11.6 Å². The standard InChI is InChI=1S/C6H5ClN4/c1-11-5-4(3-9-11)2-8-6(7)10-5/h2-3H,1H3. The van der Waals surface area contributed by atoms with Gasteiger partial charge in [-0.15, -0.1) is 0 Å². The molecule has 0 aromatic carbocycles. The Morgan fingerprint density at radius 2 is 2.27 bits per heavy atom. The van der Waals surface area contributed by atoms with E-state index in [0.29, 0.717) is 0 Å². The average Bonchev–Trinajstić information content (AvgIpc) is 2.33. The highest BCUT2D eigenvalue weighted by Gasteiger charge is 2.00. The zero-order chi connectivity index (χ0) is 7.84. The lowest BCUT2D eigenvalue weighted by Crippen LogP contribution is -1.92. The first-order valence-electron chi connectivity index (χ1n) is 3.07. The second kappa shape index (κ2) is 2.17. The minimum atomic E-state index is 0.251. The van der Waals surface area contributed by atoms with Crippen LogP contribution in [0.25, 0.3) is 11.0 Å². The highest BCUT2D eigenvalue weighted by Crippen LogP contribution is 2.10. The summed E-state index contributed by atoms with van der Waals surface area (Å²) in [5, 5.41) is 5.14. The number of aryl methyl sites for hydroxylation is 1. The van der Waals surface area contributed by atoms with Gasteiger partial charge >= 0.3 is 0 Å². The van der Waals surface area contributed by atoms with Crippen LogP contribution in [0.5, 0.6) is 0 Å². The largest absolute Gasteiger partial charge is 0.250 e. The molecular formula is C6H5ClN4. The number of hydrogen-bond acceptors (Lipinski definition) is 3. The van der Waals surface area contributed by atoms with Crippen LogP contribution in [-0.4, -0.2) is 19.7 Å². The van der Waals surface area contributed by atoms with Gasteiger partial charge in [-0.05, 0) is 11.6 Å². The molecule has 0 N–H and O–H groups in total. The Hall–Kier alpha value is -1.16. The van der Waals surface area contributed by atoms with Gasteiger partial charge in [0.05, 0.1) is 11.6 Å². The Labute approximate surface area is 67.8 Å². The van der Waals surface area contributed by atoms with Gasteiger partial charge in [0.25, 0.3) is 0 Å². The smallest absolute Gasteiger partial charge is 0.224 e. The summed E-state index contributed by atoms with van der Waals surface area (Å²) in [5.74, 6) is 0. The highest BCUT2D eigenvalue weighted by atomic mass is 35.5. The van der Waals surface area contributed by atoms with E-state index in [2.05, 4.69) is 15.1 Å². The van der Waals surface area contributed by atoms with Crippen LogP contribution < -0.4 is 0 Å². The van der Waals surface area contributed by atoms with Crippen LogP contribution in [0.1, 0.15) is 0 Å². The Bertz CT molecular complexity index is 394. The first kappa shape index (κ1) is 6.54. The predicted molar refractivity (Wildman–Crippen MR) is 41.3 cm³/mol. The third kappa shape index (κ3) is 0.952. The summed E-state index contributed by atoms with van der Waals surface area (Å²) in [6.45, 7) is 0. The summed E-state index contributed by atoms with van der Waals surface area (Å²) in [4.78, 5) is 7.81.